The van der Waals surface area contributed by atoms with Gasteiger partial charge in [0.05, 0.1) is 22.3 Å². The van der Waals surface area contributed by atoms with E-state index in [2.05, 4.69) is 57.5 Å². The number of tetrazole rings is 1. The number of nitrogens with zero attached hydrogens (tertiary/aromatic N) is 4. The third-order valence-corrected chi connectivity index (χ3v) is 4.31. The Balaban J connectivity index is 2.35. The predicted molar refractivity (Wildman–Crippen MR) is 83.5 cm³/mol. The van der Waals surface area contributed by atoms with E-state index < -0.39 is 0 Å². The Morgan fingerprint density at radius 1 is 1.25 bits per heavy atom. The summed E-state index contributed by atoms with van der Waals surface area (Å²) in [6.07, 6.45) is 0. The lowest BCUT2D eigenvalue weighted by Crippen LogP contribution is -2.36. The van der Waals surface area contributed by atoms with Crippen molar-refractivity contribution in [3.05, 3.63) is 32.5 Å². The molecule has 0 aliphatic rings. The van der Waals surface area contributed by atoms with Crippen LogP contribution in [0, 0.1) is 0 Å². The van der Waals surface area contributed by atoms with E-state index in [1.807, 2.05) is 12.1 Å². The number of aromatic nitrogens is 4. The fourth-order valence-corrected chi connectivity index (χ4v) is 2.38. The largest absolute Gasteiger partial charge is 0.305 e. The van der Waals surface area contributed by atoms with Crippen molar-refractivity contribution in [2.24, 2.45) is 0 Å². The maximum Gasteiger partial charge on any atom is 0.170 e. The van der Waals surface area contributed by atoms with Gasteiger partial charge < -0.3 is 5.32 Å². The lowest BCUT2D eigenvalue weighted by atomic mass is 10.1. The van der Waals surface area contributed by atoms with Gasteiger partial charge in [0.25, 0.3) is 0 Å². The third kappa shape index (κ3) is 3.49. The number of halogens is 3. The minimum atomic E-state index is -0.0298. The monoisotopic (exact) mass is 377 g/mol. The second-order valence-corrected chi connectivity index (χ2v) is 6.92. The molecule has 0 unspecified atom stereocenters. The van der Waals surface area contributed by atoms with Crippen molar-refractivity contribution in [1.29, 1.82) is 0 Å². The van der Waals surface area contributed by atoms with E-state index in [0.717, 1.165) is 4.47 Å². The first-order valence-electron chi connectivity index (χ1n) is 5.96. The van der Waals surface area contributed by atoms with E-state index in [4.69, 9.17) is 23.2 Å². The molecule has 0 fully saturated rings. The number of hydrogen-bond acceptors (Lipinski definition) is 4. The molecule has 0 radical (unpaired) electrons. The third-order valence-electron chi connectivity index (χ3n) is 2.55. The lowest BCUT2D eigenvalue weighted by Gasteiger charge is -2.20. The molecule has 0 aliphatic carbocycles. The first-order chi connectivity index (χ1) is 9.29. The number of nitrogens with one attached hydrogen (secondary N) is 1. The molecule has 0 spiro atoms. The molecule has 0 aliphatic heterocycles. The van der Waals surface area contributed by atoms with Crippen LogP contribution in [0.4, 0.5) is 0 Å². The second-order valence-electron chi connectivity index (χ2n) is 5.30. The topological polar surface area (TPSA) is 55.6 Å². The van der Waals surface area contributed by atoms with Crippen LogP contribution >= 0.6 is 39.1 Å². The Kier molecular flexibility index (Phi) is 4.69. The van der Waals surface area contributed by atoms with E-state index in [0.29, 0.717) is 28.1 Å². The highest BCUT2D eigenvalue weighted by atomic mass is 79.9. The maximum absolute atomic E-state index is 6.25. The number of hydrogen-bond donors (Lipinski definition) is 1. The van der Waals surface area contributed by atoms with Gasteiger partial charge in [-0.05, 0) is 59.3 Å². The van der Waals surface area contributed by atoms with Crippen LogP contribution in [0.3, 0.4) is 0 Å². The molecule has 0 amide bonds. The molecule has 2 rings (SSSR count). The highest BCUT2D eigenvalue weighted by Gasteiger charge is 2.17. The Morgan fingerprint density at radius 3 is 2.60 bits per heavy atom. The quantitative estimate of drug-likeness (QED) is 0.828. The summed E-state index contributed by atoms with van der Waals surface area (Å²) in [5, 5.41) is 15.9. The molecule has 20 heavy (non-hydrogen) atoms. The smallest absolute Gasteiger partial charge is 0.170 e. The molecule has 0 saturated heterocycles. The van der Waals surface area contributed by atoms with Crippen molar-refractivity contribution < 1.29 is 0 Å². The summed E-state index contributed by atoms with van der Waals surface area (Å²) in [6, 6.07) is 3.63. The number of benzene rings is 1. The SMILES string of the molecule is CC(C)(C)NCc1nnnn1-c1ccc(Br)c(Cl)c1Cl. The van der Waals surface area contributed by atoms with Gasteiger partial charge in [-0.25, -0.2) is 0 Å². The van der Waals surface area contributed by atoms with Crippen molar-refractivity contribution in [3.63, 3.8) is 0 Å². The summed E-state index contributed by atoms with van der Waals surface area (Å²) >= 11 is 15.7. The van der Waals surface area contributed by atoms with Crippen molar-refractivity contribution in [3.8, 4) is 5.69 Å². The van der Waals surface area contributed by atoms with Gasteiger partial charge in [0.2, 0.25) is 0 Å². The van der Waals surface area contributed by atoms with Crippen LogP contribution in [-0.4, -0.2) is 25.7 Å². The highest BCUT2D eigenvalue weighted by molar-refractivity contribution is 9.10. The maximum atomic E-state index is 6.25. The second kappa shape index (κ2) is 5.97. The minimum absolute atomic E-state index is 0.0298. The minimum Gasteiger partial charge on any atom is -0.305 e. The van der Waals surface area contributed by atoms with Crippen molar-refractivity contribution in [1.82, 2.24) is 25.5 Å². The molecule has 1 aromatic heterocycles. The zero-order valence-corrected chi connectivity index (χ0v) is 14.4. The van der Waals surface area contributed by atoms with Crippen LogP contribution < -0.4 is 5.32 Å². The average molecular weight is 379 g/mol. The summed E-state index contributed by atoms with van der Waals surface area (Å²) in [4.78, 5) is 0. The van der Waals surface area contributed by atoms with Crippen LogP contribution in [0.5, 0.6) is 0 Å². The zero-order valence-electron chi connectivity index (χ0n) is 11.3. The average Bonchev–Trinajstić information content (AvgIpc) is 2.81. The van der Waals surface area contributed by atoms with Gasteiger partial charge in [0, 0.05) is 10.0 Å². The first kappa shape index (κ1) is 15.7. The first-order valence-corrected chi connectivity index (χ1v) is 7.50. The van der Waals surface area contributed by atoms with Crippen LogP contribution in [0.25, 0.3) is 5.69 Å². The standard InChI is InChI=1S/C12H14BrCl2N5/c1-12(2,3)16-6-9-17-18-19-20(9)8-5-4-7(13)10(14)11(8)15/h4-5,16H,6H2,1-3H3. The van der Waals surface area contributed by atoms with Crippen LogP contribution in [0.2, 0.25) is 10.0 Å². The Morgan fingerprint density at radius 2 is 1.95 bits per heavy atom. The molecule has 5 nitrogen and oxygen atoms in total. The summed E-state index contributed by atoms with van der Waals surface area (Å²) < 4.78 is 2.31. The normalized spacial score (nSPS) is 11.9. The molecule has 0 bridgehead atoms. The van der Waals surface area contributed by atoms with Crippen molar-refractivity contribution >= 4 is 39.1 Å². The summed E-state index contributed by atoms with van der Waals surface area (Å²) in [5.41, 5.74) is 0.619. The summed E-state index contributed by atoms with van der Waals surface area (Å²) in [7, 11) is 0. The van der Waals surface area contributed by atoms with Gasteiger partial charge in [-0.1, -0.05) is 23.2 Å². The fourth-order valence-electron chi connectivity index (χ4n) is 1.53. The summed E-state index contributed by atoms with van der Waals surface area (Å²) in [6.45, 7) is 6.75. The Hall–Kier alpha value is -0.690. The molecule has 1 heterocycles. The van der Waals surface area contributed by atoms with E-state index in [-0.39, 0.29) is 5.54 Å². The summed E-state index contributed by atoms with van der Waals surface area (Å²) in [5.74, 6) is 0.667. The van der Waals surface area contributed by atoms with E-state index in [1.165, 1.54) is 0 Å². The van der Waals surface area contributed by atoms with Gasteiger partial charge in [-0.15, -0.1) is 5.10 Å². The number of rotatable bonds is 3. The van der Waals surface area contributed by atoms with E-state index in [9.17, 15) is 0 Å². The van der Waals surface area contributed by atoms with E-state index >= 15 is 0 Å². The molecular weight excluding hydrogens is 365 g/mol. The van der Waals surface area contributed by atoms with Gasteiger partial charge in [0.15, 0.2) is 5.82 Å². The predicted octanol–water partition coefficient (Wildman–Crippen LogP) is 3.62. The van der Waals surface area contributed by atoms with Gasteiger partial charge >= 0.3 is 0 Å². The van der Waals surface area contributed by atoms with Crippen LogP contribution in [0.1, 0.15) is 26.6 Å². The zero-order chi connectivity index (χ0) is 14.9. The van der Waals surface area contributed by atoms with E-state index in [1.54, 1.807) is 4.68 Å². The van der Waals surface area contributed by atoms with Gasteiger partial charge in [0.1, 0.15) is 0 Å². The molecule has 8 heteroatoms. The molecule has 0 saturated carbocycles. The molecule has 0 atom stereocenters. The molecular formula is C12H14BrCl2N5. The van der Waals surface area contributed by atoms with Gasteiger partial charge in [-0.2, -0.15) is 4.68 Å². The van der Waals surface area contributed by atoms with Crippen molar-refractivity contribution in [2.45, 2.75) is 32.9 Å². The van der Waals surface area contributed by atoms with Gasteiger partial charge in [-0.3, -0.25) is 0 Å². The van der Waals surface area contributed by atoms with Crippen molar-refractivity contribution in [2.75, 3.05) is 0 Å². The molecule has 1 aromatic carbocycles. The Labute approximate surface area is 135 Å². The van der Waals surface area contributed by atoms with Crippen LogP contribution in [0.15, 0.2) is 16.6 Å². The molecule has 1 N–H and O–H groups in total. The lowest BCUT2D eigenvalue weighted by molar-refractivity contribution is 0.415. The fraction of sp³-hybridized carbons (Fsp3) is 0.417. The molecule has 108 valence electrons. The Bertz CT molecular complexity index is 621. The highest BCUT2D eigenvalue weighted by Crippen LogP contribution is 2.34. The molecule has 2 aromatic rings. The van der Waals surface area contributed by atoms with Crippen LogP contribution in [-0.2, 0) is 6.54 Å².